The van der Waals surface area contributed by atoms with Crippen LogP contribution < -0.4 is 10.1 Å². The van der Waals surface area contributed by atoms with E-state index in [4.69, 9.17) is 9.84 Å². The number of carbonyl (C=O) groups excluding carboxylic acids is 1. The van der Waals surface area contributed by atoms with Crippen molar-refractivity contribution in [3.05, 3.63) is 46.0 Å². The third-order valence-electron chi connectivity index (χ3n) is 6.08. The molecule has 0 bridgehead atoms. The summed E-state index contributed by atoms with van der Waals surface area (Å²) in [5, 5.41) is 25.5. The van der Waals surface area contributed by atoms with E-state index in [1.165, 1.54) is 10.6 Å². The van der Waals surface area contributed by atoms with E-state index in [-0.39, 0.29) is 28.5 Å². The molecule has 3 heterocycles. The van der Waals surface area contributed by atoms with Crippen LogP contribution in [0, 0.1) is 19.7 Å². The van der Waals surface area contributed by atoms with Crippen molar-refractivity contribution in [2.45, 2.75) is 113 Å². The first kappa shape index (κ1) is 39.8. The maximum Gasteiger partial charge on any atom is 0.307 e. The van der Waals surface area contributed by atoms with Gasteiger partial charge in [-0.05, 0) is 59.1 Å². The predicted molar refractivity (Wildman–Crippen MR) is 182 cm³/mol. The minimum atomic E-state index is -1.04. The molecule has 252 valence electrons. The number of thioether (sulfide) groups is 1. The van der Waals surface area contributed by atoms with Gasteiger partial charge in [0.15, 0.2) is 22.9 Å². The Morgan fingerprint density at radius 2 is 1.69 bits per heavy atom. The second kappa shape index (κ2) is 17.5. The maximum atomic E-state index is 15.1. The lowest BCUT2D eigenvalue weighted by Gasteiger charge is -2.23. The zero-order valence-corrected chi connectivity index (χ0v) is 30.0. The van der Waals surface area contributed by atoms with E-state index in [2.05, 4.69) is 36.2 Å². The molecule has 0 saturated heterocycles. The second-order valence-corrected chi connectivity index (χ2v) is 14.0. The number of nitrogens with one attached hydrogen (secondary N) is 1. The fourth-order valence-corrected chi connectivity index (χ4v) is 5.24. The molecule has 0 saturated carbocycles. The zero-order valence-electron chi connectivity index (χ0n) is 29.1. The van der Waals surface area contributed by atoms with E-state index in [1.54, 1.807) is 45.5 Å². The number of nitrogens with zero attached hydrogens (tertiary/aromatic N) is 3. The highest BCUT2D eigenvalue weighted by atomic mass is 32.2. The molecule has 0 atom stereocenters. The molecule has 0 unspecified atom stereocenters. The van der Waals surface area contributed by atoms with E-state index in [9.17, 15) is 14.7 Å². The number of aliphatic carboxylic acids is 1. The Morgan fingerprint density at radius 3 is 2.24 bits per heavy atom. The predicted octanol–water partition coefficient (Wildman–Crippen LogP) is 7.20. The molecule has 9 nitrogen and oxygen atoms in total. The summed E-state index contributed by atoms with van der Waals surface area (Å²) < 4.78 is 22.3. The number of ether oxygens (including phenoxy) is 1. The monoisotopic (exact) mass is 648 g/mol. The van der Waals surface area contributed by atoms with Gasteiger partial charge >= 0.3 is 5.97 Å². The summed E-state index contributed by atoms with van der Waals surface area (Å²) in [6.45, 7) is 24.1. The van der Waals surface area contributed by atoms with Crippen molar-refractivity contribution in [1.82, 2.24) is 19.9 Å². The summed E-state index contributed by atoms with van der Waals surface area (Å²) in [6, 6.07) is 2.94. The number of benzene rings is 1. The second-order valence-electron chi connectivity index (χ2n) is 12.1. The summed E-state index contributed by atoms with van der Waals surface area (Å²) >= 11 is 1.75. The van der Waals surface area contributed by atoms with Gasteiger partial charge in [0.25, 0.3) is 5.91 Å². The van der Waals surface area contributed by atoms with Gasteiger partial charge in [0.05, 0.1) is 24.3 Å². The summed E-state index contributed by atoms with van der Waals surface area (Å²) in [4.78, 5) is 29.1. The molecule has 45 heavy (non-hydrogen) atoms. The highest BCUT2D eigenvalue weighted by molar-refractivity contribution is 8.00. The normalized spacial score (nSPS) is 12.3. The molecule has 11 heteroatoms. The Morgan fingerprint density at radius 1 is 1.09 bits per heavy atom. The van der Waals surface area contributed by atoms with Crippen LogP contribution in [0.3, 0.4) is 0 Å². The lowest BCUT2D eigenvalue weighted by Crippen LogP contribution is -2.27. The molecule has 2 aromatic heterocycles. The van der Waals surface area contributed by atoms with Crippen molar-refractivity contribution in [2.24, 2.45) is 0 Å². The molecule has 1 aliphatic heterocycles. The third kappa shape index (κ3) is 11.9. The number of amides is 1. The Hall–Kier alpha value is -3.18. The molecule has 1 aromatic carbocycles. The van der Waals surface area contributed by atoms with Gasteiger partial charge < -0.3 is 20.3 Å². The summed E-state index contributed by atoms with van der Waals surface area (Å²) in [6.07, 6.45) is 1.11. The molecule has 4 rings (SSSR count). The number of aromatic nitrogens is 3. The third-order valence-corrected chi connectivity index (χ3v) is 7.36. The lowest BCUT2D eigenvalue weighted by molar-refractivity contribution is -0.136. The number of carbonyl (C=O) groups is 2. The average molecular weight is 649 g/mol. The number of halogens is 1. The van der Waals surface area contributed by atoms with Gasteiger partial charge in [0, 0.05) is 45.5 Å². The quantitative estimate of drug-likeness (QED) is 0.230. The highest BCUT2D eigenvalue weighted by Gasteiger charge is 2.26. The topological polar surface area (TPSA) is 126 Å². The van der Waals surface area contributed by atoms with E-state index in [1.807, 2.05) is 34.6 Å². The van der Waals surface area contributed by atoms with Gasteiger partial charge in [-0.2, -0.15) is 16.9 Å². The van der Waals surface area contributed by atoms with Crippen LogP contribution in [0.2, 0.25) is 0 Å². The molecule has 3 aromatic rings. The van der Waals surface area contributed by atoms with Crippen LogP contribution >= 0.6 is 11.8 Å². The van der Waals surface area contributed by atoms with Gasteiger partial charge in [-0.3, -0.25) is 9.59 Å². The van der Waals surface area contributed by atoms with Gasteiger partial charge in [-0.1, -0.05) is 48.5 Å². The number of carboxylic acids is 1. The van der Waals surface area contributed by atoms with Crippen molar-refractivity contribution in [1.29, 1.82) is 0 Å². The van der Waals surface area contributed by atoms with Crippen molar-refractivity contribution in [2.75, 3.05) is 18.9 Å². The number of aryl methyl sites for hydroxylation is 1. The summed E-state index contributed by atoms with van der Waals surface area (Å²) in [7, 11) is 0. The smallest absolute Gasteiger partial charge is 0.307 e. The van der Waals surface area contributed by atoms with E-state index >= 15 is 4.39 Å². The standard InChI is InChI=1S/C26H31FN4O4S.C4H10O.2C2H6/c1-14-16-7-6-9-35-24(16)19(27)11-17(14)23-18(12-22(32)33)15(2)29-21-13-20(30-31(21)23)25(34)28-8-10-36-26(3,4)5;1-4(2,3)5;2*1-2/h11,13H,6-10,12H2,1-5H3,(H,28,34)(H,32,33);5H,1-3H3;2*1-2H3. The average Bonchev–Trinajstić information content (AvgIpc) is 3.38. The molecule has 0 aliphatic carbocycles. The Bertz CT molecular complexity index is 1440. The van der Waals surface area contributed by atoms with E-state index in [0.717, 1.165) is 23.3 Å². The first-order valence-electron chi connectivity index (χ1n) is 15.7. The van der Waals surface area contributed by atoms with Gasteiger partial charge in [-0.15, -0.1) is 0 Å². The highest BCUT2D eigenvalue weighted by Crippen LogP contribution is 2.39. The summed E-state index contributed by atoms with van der Waals surface area (Å²) in [5.41, 5.74) is 3.46. The molecule has 3 N–H and O–H groups in total. The molecule has 0 spiro atoms. The number of hydrogen-bond acceptors (Lipinski definition) is 7. The van der Waals surface area contributed by atoms with E-state index < -0.39 is 17.4 Å². The molecular weight excluding hydrogens is 595 g/mol. The van der Waals surface area contributed by atoms with Crippen LogP contribution in [0.5, 0.6) is 5.75 Å². The summed E-state index contributed by atoms with van der Waals surface area (Å²) in [5.74, 6) is -0.890. The first-order valence-corrected chi connectivity index (χ1v) is 16.7. The van der Waals surface area contributed by atoms with Gasteiger partial charge in [-0.25, -0.2) is 13.9 Å². The fourth-order valence-electron chi connectivity index (χ4n) is 4.42. The minimum Gasteiger partial charge on any atom is -0.490 e. The van der Waals surface area contributed by atoms with Crippen molar-refractivity contribution < 1.29 is 28.9 Å². The number of carboxylic acid groups (broad SMARTS) is 1. The number of aliphatic hydroxyl groups is 1. The van der Waals surface area contributed by atoms with E-state index in [0.29, 0.717) is 47.7 Å². The first-order chi connectivity index (χ1) is 21.0. The van der Waals surface area contributed by atoms with Crippen molar-refractivity contribution >= 4 is 29.3 Å². The molecule has 0 fully saturated rings. The number of fused-ring (bicyclic) bond motifs is 2. The Labute approximate surface area is 272 Å². The Kier molecular flexibility index (Phi) is 15.5. The van der Waals surface area contributed by atoms with Gasteiger partial charge in [0.2, 0.25) is 0 Å². The van der Waals surface area contributed by atoms with Crippen LogP contribution in [-0.4, -0.2) is 65.9 Å². The molecule has 1 amide bonds. The fraction of sp³-hybridized carbons (Fsp3) is 0.588. The molecule has 0 radical (unpaired) electrons. The van der Waals surface area contributed by atoms with Gasteiger partial charge in [0.1, 0.15) is 0 Å². The van der Waals surface area contributed by atoms with Crippen LogP contribution in [-0.2, 0) is 17.6 Å². The minimum absolute atomic E-state index is 0.0950. The van der Waals surface area contributed by atoms with Crippen LogP contribution in [0.1, 0.15) is 109 Å². The number of hydrogen-bond donors (Lipinski definition) is 3. The Balaban J connectivity index is 0.00000101. The van der Waals surface area contributed by atoms with Crippen LogP contribution in [0.25, 0.3) is 16.9 Å². The largest absolute Gasteiger partial charge is 0.490 e. The lowest BCUT2D eigenvalue weighted by atomic mass is 9.91. The van der Waals surface area contributed by atoms with Crippen LogP contribution in [0.15, 0.2) is 12.1 Å². The van der Waals surface area contributed by atoms with Crippen LogP contribution in [0.4, 0.5) is 4.39 Å². The molecular formula is C34H53FN4O5S. The molecule has 1 aliphatic rings. The number of rotatable bonds is 7. The maximum absolute atomic E-state index is 15.1. The van der Waals surface area contributed by atoms with Crippen molar-refractivity contribution in [3.8, 4) is 17.0 Å². The SMILES string of the molecule is CC.CC.CC(C)(C)O.Cc1nc2cc(C(=O)NCCSC(C)(C)C)nn2c(-c2cc(F)c3c(c2C)CCCO3)c1CC(=O)O. The zero-order chi connectivity index (χ0) is 34.7. The van der Waals surface area contributed by atoms with Crippen molar-refractivity contribution in [3.63, 3.8) is 0 Å².